The fourth-order valence-electron chi connectivity index (χ4n) is 2.60. The normalized spacial score (nSPS) is 20.3. The highest BCUT2D eigenvalue weighted by Gasteiger charge is 2.30. The topological polar surface area (TPSA) is 89.3 Å². The van der Waals surface area contributed by atoms with Gasteiger partial charge in [-0.05, 0) is 25.5 Å². The van der Waals surface area contributed by atoms with Gasteiger partial charge in [-0.25, -0.2) is 13.4 Å². The first-order valence-electron chi connectivity index (χ1n) is 8.05. The molecule has 2 heterocycles. The second-order valence-corrected chi connectivity index (χ2v) is 9.63. The van der Waals surface area contributed by atoms with Crippen LogP contribution in [0.1, 0.15) is 19.0 Å². The Bertz CT molecular complexity index is 833. The third-order valence-corrected chi connectivity index (χ3v) is 6.95. The maximum Gasteiger partial charge on any atom is 0.233 e. The molecule has 6 nitrogen and oxygen atoms in total. The smallest absolute Gasteiger partial charge is 0.233 e. The molecule has 2 aromatic rings. The van der Waals surface area contributed by atoms with Crippen molar-refractivity contribution >= 4 is 27.5 Å². The Hall–Kier alpha value is -1.80. The maximum atomic E-state index is 12.2. The largest absolute Gasteiger partial charge is 0.444 e. The van der Waals surface area contributed by atoms with Crippen LogP contribution in [-0.4, -0.2) is 42.1 Å². The lowest BCUT2D eigenvalue weighted by atomic mass is 10.2. The van der Waals surface area contributed by atoms with Gasteiger partial charge in [0, 0.05) is 17.4 Å². The van der Waals surface area contributed by atoms with E-state index < -0.39 is 9.84 Å². The predicted molar refractivity (Wildman–Crippen MR) is 97.9 cm³/mol. The minimum Gasteiger partial charge on any atom is -0.444 e. The minimum absolute atomic E-state index is 0.0415. The average Bonchev–Trinajstić information content (AvgIpc) is 3.19. The van der Waals surface area contributed by atoms with Crippen molar-refractivity contribution in [2.24, 2.45) is 0 Å². The number of benzene rings is 1. The molecule has 0 aliphatic carbocycles. The van der Waals surface area contributed by atoms with Crippen LogP contribution in [0.3, 0.4) is 0 Å². The van der Waals surface area contributed by atoms with E-state index in [1.165, 1.54) is 11.8 Å². The molecule has 1 saturated heterocycles. The molecule has 2 atom stereocenters. The third kappa shape index (κ3) is 4.85. The molecule has 1 aromatic carbocycles. The summed E-state index contributed by atoms with van der Waals surface area (Å²) in [5.74, 6) is 1.16. The summed E-state index contributed by atoms with van der Waals surface area (Å²) in [6, 6.07) is 9.35. The molecule has 1 fully saturated rings. The standard InChI is InChI=1S/C17H20N2O4S2/c1-12(16(20)18-14-7-8-25(21,22)11-14)24-10-15-9-23-17(19-15)13-5-3-2-4-6-13/h2-6,9,12,14H,7-8,10-11H2,1H3,(H,18,20). The predicted octanol–water partition coefficient (Wildman–Crippen LogP) is 2.27. The molecule has 1 amide bonds. The van der Waals surface area contributed by atoms with Gasteiger partial charge in [-0.2, -0.15) is 0 Å². The zero-order chi connectivity index (χ0) is 17.9. The second kappa shape index (κ2) is 7.61. The van der Waals surface area contributed by atoms with Crippen LogP contribution in [0.2, 0.25) is 0 Å². The summed E-state index contributed by atoms with van der Waals surface area (Å²) >= 11 is 1.45. The molecule has 0 saturated carbocycles. The SMILES string of the molecule is CC(SCc1coc(-c2ccccc2)n1)C(=O)NC1CCS(=O)(=O)C1. The van der Waals surface area contributed by atoms with Gasteiger partial charge in [0.05, 0.1) is 22.4 Å². The summed E-state index contributed by atoms with van der Waals surface area (Å²) in [7, 11) is -2.99. The van der Waals surface area contributed by atoms with Crippen molar-refractivity contribution in [2.75, 3.05) is 11.5 Å². The Balaban J connectivity index is 1.50. The second-order valence-electron chi connectivity index (χ2n) is 6.07. The highest BCUT2D eigenvalue weighted by Crippen LogP contribution is 2.22. The zero-order valence-corrected chi connectivity index (χ0v) is 15.5. The first-order valence-corrected chi connectivity index (χ1v) is 10.9. The average molecular weight is 380 g/mol. The number of nitrogens with zero attached hydrogens (tertiary/aromatic N) is 1. The van der Waals surface area contributed by atoms with Crippen LogP contribution in [0, 0.1) is 0 Å². The molecular formula is C17H20N2O4S2. The number of carbonyl (C=O) groups excluding carboxylic acids is 1. The number of hydrogen-bond acceptors (Lipinski definition) is 6. The van der Waals surface area contributed by atoms with Crippen molar-refractivity contribution < 1.29 is 17.6 Å². The van der Waals surface area contributed by atoms with E-state index in [0.717, 1.165) is 11.3 Å². The van der Waals surface area contributed by atoms with Gasteiger partial charge in [0.1, 0.15) is 6.26 Å². The lowest BCUT2D eigenvalue weighted by Gasteiger charge is -2.15. The minimum atomic E-state index is -2.99. The molecule has 134 valence electrons. The van der Waals surface area contributed by atoms with Gasteiger partial charge in [-0.3, -0.25) is 4.79 Å². The molecule has 1 aliphatic heterocycles. The van der Waals surface area contributed by atoms with Crippen molar-refractivity contribution in [1.29, 1.82) is 0 Å². The van der Waals surface area contributed by atoms with Gasteiger partial charge in [-0.15, -0.1) is 11.8 Å². The van der Waals surface area contributed by atoms with Gasteiger partial charge < -0.3 is 9.73 Å². The molecular weight excluding hydrogens is 360 g/mol. The van der Waals surface area contributed by atoms with Crippen LogP contribution >= 0.6 is 11.8 Å². The number of nitrogens with one attached hydrogen (secondary N) is 1. The van der Waals surface area contributed by atoms with Crippen molar-refractivity contribution in [1.82, 2.24) is 10.3 Å². The molecule has 1 aromatic heterocycles. The Morgan fingerprint density at radius 1 is 1.40 bits per heavy atom. The number of aromatic nitrogens is 1. The van der Waals surface area contributed by atoms with Crippen molar-refractivity contribution in [3.63, 3.8) is 0 Å². The number of rotatable bonds is 6. The quantitative estimate of drug-likeness (QED) is 0.827. The van der Waals surface area contributed by atoms with Crippen LogP contribution in [-0.2, 0) is 20.4 Å². The van der Waals surface area contributed by atoms with Gasteiger partial charge in [0.2, 0.25) is 11.8 Å². The Morgan fingerprint density at radius 2 is 2.16 bits per heavy atom. The molecule has 0 spiro atoms. The Labute approximate surface area is 151 Å². The van der Waals surface area contributed by atoms with Gasteiger partial charge in [0.15, 0.2) is 9.84 Å². The van der Waals surface area contributed by atoms with Crippen LogP contribution in [0.15, 0.2) is 41.0 Å². The van der Waals surface area contributed by atoms with E-state index in [-0.39, 0.29) is 28.7 Å². The number of oxazole rings is 1. The molecule has 2 unspecified atom stereocenters. The number of thioether (sulfide) groups is 1. The first kappa shape index (κ1) is 18.0. The zero-order valence-electron chi connectivity index (χ0n) is 13.8. The monoisotopic (exact) mass is 380 g/mol. The molecule has 8 heteroatoms. The van der Waals surface area contributed by atoms with E-state index in [0.29, 0.717) is 18.1 Å². The number of sulfone groups is 1. The number of amides is 1. The molecule has 25 heavy (non-hydrogen) atoms. The molecule has 3 rings (SSSR count). The van der Waals surface area contributed by atoms with E-state index in [1.54, 1.807) is 6.26 Å². The molecule has 0 radical (unpaired) electrons. The van der Waals surface area contributed by atoms with Crippen LogP contribution < -0.4 is 5.32 Å². The van der Waals surface area contributed by atoms with Gasteiger partial charge in [-0.1, -0.05) is 18.2 Å². The summed E-state index contributed by atoms with van der Waals surface area (Å²) in [5.41, 5.74) is 1.68. The van der Waals surface area contributed by atoms with E-state index in [9.17, 15) is 13.2 Å². The molecule has 0 bridgehead atoms. The van der Waals surface area contributed by atoms with Crippen molar-refractivity contribution in [3.05, 3.63) is 42.3 Å². The first-order chi connectivity index (χ1) is 11.9. The highest BCUT2D eigenvalue weighted by atomic mass is 32.2. The Kier molecular flexibility index (Phi) is 5.48. The summed E-state index contributed by atoms with van der Waals surface area (Å²) in [4.78, 5) is 16.6. The van der Waals surface area contributed by atoms with E-state index >= 15 is 0 Å². The molecule has 1 aliphatic rings. The summed E-state index contributed by atoms with van der Waals surface area (Å²) in [6.07, 6.45) is 2.10. The lowest BCUT2D eigenvalue weighted by molar-refractivity contribution is -0.120. The maximum absolute atomic E-state index is 12.2. The van der Waals surface area contributed by atoms with E-state index in [2.05, 4.69) is 10.3 Å². The summed E-state index contributed by atoms with van der Waals surface area (Å²) < 4.78 is 28.4. The molecule has 1 N–H and O–H groups in total. The summed E-state index contributed by atoms with van der Waals surface area (Å²) in [5, 5.41) is 2.53. The lowest BCUT2D eigenvalue weighted by Crippen LogP contribution is -2.40. The van der Waals surface area contributed by atoms with E-state index in [1.807, 2.05) is 37.3 Å². The number of carbonyl (C=O) groups is 1. The van der Waals surface area contributed by atoms with E-state index in [4.69, 9.17) is 4.42 Å². The van der Waals surface area contributed by atoms with Gasteiger partial charge >= 0.3 is 0 Å². The van der Waals surface area contributed by atoms with Crippen LogP contribution in [0.4, 0.5) is 0 Å². The fourth-order valence-corrected chi connectivity index (χ4v) is 5.05. The summed E-state index contributed by atoms with van der Waals surface area (Å²) in [6.45, 7) is 1.81. The fraction of sp³-hybridized carbons (Fsp3) is 0.412. The van der Waals surface area contributed by atoms with Crippen LogP contribution in [0.25, 0.3) is 11.5 Å². The highest BCUT2D eigenvalue weighted by molar-refractivity contribution is 7.99. The van der Waals surface area contributed by atoms with Crippen LogP contribution in [0.5, 0.6) is 0 Å². The van der Waals surface area contributed by atoms with Gasteiger partial charge in [0.25, 0.3) is 0 Å². The number of hydrogen-bond donors (Lipinski definition) is 1. The van der Waals surface area contributed by atoms with Crippen molar-refractivity contribution in [3.8, 4) is 11.5 Å². The Morgan fingerprint density at radius 3 is 2.84 bits per heavy atom. The third-order valence-electron chi connectivity index (χ3n) is 4.00. The van der Waals surface area contributed by atoms with Crippen molar-refractivity contribution in [2.45, 2.75) is 30.4 Å².